The molecule has 0 aliphatic heterocycles. The molecule has 66 valence electrons. The van der Waals surface area contributed by atoms with Gasteiger partial charge in [-0.05, 0) is 12.5 Å². The first kappa shape index (κ1) is 8.73. The highest BCUT2D eigenvalue weighted by atomic mass is 16.7. The fourth-order valence-corrected chi connectivity index (χ4v) is 0.803. The number of aromatic amines is 1. The van der Waals surface area contributed by atoms with Crippen LogP contribution in [0.3, 0.4) is 0 Å². The van der Waals surface area contributed by atoms with Crippen LogP contribution in [0.4, 0.5) is 0 Å². The number of hydrogen-bond donors (Lipinski definition) is 1. The minimum atomic E-state index is -0.229. The smallest absolute Gasteiger partial charge is 0.274 e. The van der Waals surface area contributed by atoms with Gasteiger partial charge in [-0.3, -0.25) is 14.7 Å². The van der Waals surface area contributed by atoms with Gasteiger partial charge in [0.25, 0.3) is 5.91 Å². The van der Waals surface area contributed by atoms with Gasteiger partial charge in [0.05, 0.1) is 13.3 Å². The zero-order valence-electron chi connectivity index (χ0n) is 7.29. The molecule has 0 aliphatic rings. The Morgan fingerprint density at radius 1 is 1.75 bits per heavy atom. The third-order valence-electron chi connectivity index (χ3n) is 1.60. The van der Waals surface area contributed by atoms with E-state index in [1.165, 1.54) is 7.11 Å². The van der Waals surface area contributed by atoms with Crippen molar-refractivity contribution in [1.29, 1.82) is 0 Å². The van der Waals surface area contributed by atoms with Crippen molar-refractivity contribution in [3.8, 4) is 0 Å². The van der Waals surface area contributed by atoms with Crippen molar-refractivity contribution in [2.24, 2.45) is 0 Å². The summed E-state index contributed by atoms with van der Waals surface area (Å²) in [5.41, 5.74) is 1.27. The van der Waals surface area contributed by atoms with E-state index in [0.29, 0.717) is 5.69 Å². The van der Waals surface area contributed by atoms with Gasteiger partial charge in [-0.15, -0.1) is 0 Å². The second-order valence-corrected chi connectivity index (χ2v) is 2.41. The molecule has 1 N–H and O–H groups in total. The predicted octanol–water partition coefficient (Wildman–Crippen LogP) is 0.352. The van der Waals surface area contributed by atoms with Crippen LogP contribution >= 0.6 is 0 Å². The summed E-state index contributed by atoms with van der Waals surface area (Å²) < 4.78 is 0. The molecule has 5 nitrogen and oxygen atoms in total. The molecular weight excluding hydrogens is 158 g/mol. The molecule has 1 rings (SSSR count). The largest absolute Gasteiger partial charge is 0.295 e. The highest BCUT2D eigenvalue weighted by Crippen LogP contribution is 2.04. The molecule has 0 aromatic carbocycles. The number of carbonyl (C=O) groups excluding carboxylic acids is 1. The maximum absolute atomic E-state index is 11.4. The number of aromatic nitrogens is 2. The molecule has 0 aliphatic carbocycles. The van der Waals surface area contributed by atoms with Gasteiger partial charge in [-0.2, -0.15) is 5.10 Å². The molecular formula is C7H11N3O2. The summed E-state index contributed by atoms with van der Waals surface area (Å²) in [6.45, 7) is 1.81. The number of hydrogen-bond acceptors (Lipinski definition) is 3. The first-order valence-electron chi connectivity index (χ1n) is 3.49. The molecule has 0 radical (unpaired) electrons. The third kappa shape index (κ3) is 1.45. The summed E-state index contributed by atoms with van der Waals surface area (Å²) in [6, 6.07) is 0. The van der Waals surface area contributed by atoms with Gasteiger partial charge in [0, 0.05) is 7.05 Å². The first-order valence-corrected chi connectivity index (χ1v) is 3.49. The van der Waals surface area contributed by atoms with Gasteiger partial charge in [0.15, 0.2) is 0 Å². The first-order chi connectivity index (χ1) is 5.66. The Hall–Kier alpha value is -1.36. The molecule has 0 atom stereocenters. The van der Waals surface area contributed by atoms with Gasteiger partial charge < -0.3 is 0 Å². The van der Waals surface area contributed by atoms with Crippen LogP contribution in [0.2, 0.25) is 0 Å². The molecule has 0 saturated heterocycles. The van der Waals surface area contributed by atoms with Crippen molar-refractivity contribution in [2.75, 3.05) is 14.2 Å². The molecule has 0 bridgehead atoms. The fraction of sp³-hybridized carbons (Fsp3) is 0.429. The van der Waals surface area contributed by atoms with E-state index >= 15 is 0 Å². The van der Waals surface area contributed by atoms with Crippen LogP contribution in [0, 0.1) is 6.92 Å². The molecule has 1 heterocycles. The molecule has 1 aromatic rings. The Bertz CT molecular complexity index is 282. The number of amides is 1. The summed E-state index contributed by atoms with van der Waals surface area (Å²) in [4.78, 5) is 16.1. The zero-order chi connectivity index (χ0) is 9.14. The number of rotatable bonds is 2. The predicted molar refractivity (Wildman–Crippen MR) is 42.4 cm³/mol. The Morgan fingerprint density at radius 2 is 2.42 bits per heavy atom. The Labute approximate surface area is 70.3 Å². The number of aryl methyl sites for hydroxylation is 1. The lowest BCUT2D eigenvalue weighted by Gasteiger charge is -2.12. The Balaban J connectivity index is 2.85. The van der Waals surface area contributed by atoms with Crippen LogP contribution in [0.1, 0.15) is 16.1 Å². The van der Waals surface area contributed by atoms with Crippen molar-refractivity contribution in [2.45, 2.75) is 6.92 Å². The second-order valence-electron chi connectivity index (χ2n) is 2.41. The number of hydroxylamine groups is 2. The lowest BCUT2D eigenvalue weighted by molar-refractivity contribution is -0.0761. The van der Waals surface area contributed by atoms with Crippen LogP contribution in [0.25, 0.3) is 0 Å². The number of nitrogens with one attached hydrogen (secondary N) is 1. The number of carbonyl (C=O) groups is 1. The summed E-state index contributed by atoms with van der Waals surface area (Å²) in [5.74, 6) is -0.229. The van der Waals surface area contributed by atoms with Crippen LogP contribution in [-0.2, 0) is 4.84 Å². The van der Waals surface area contributed by atoms with Gasteiger partial charge in [-0.25, -0.2) is 5.06 Å². The van der Waals surface area contributed by atoms with Gasteiger partial charge >= 0.3 is 0 Å². The number of H-pyrrole nitrogens is 1. The maximum Gasteiger partial charge on any atom is 0.295 e. The van der Waals surface area contributed by atoms with Crippen LogP contribution in [-0.4, -0.2) is 35.3 Å². The maximum atomic E-state index is 11.4. The van der Waals surface area contributed by atoms with E-state index < -0.39 is 0 Å². The van der Waals surface area contributed by atoms with Crippen LogP contribution in [0.5, 0.6) is 0 Å². The molecule has 0 unspecified atom stereocenters. The normalized spacial score (nSPS) is 9.92. The van der Waals surface area contributed by atoms with Crippen molar-refractivity contribution < 1.29 is 9.63 Å². The van der Waals surface area contributed by atoms with Gasteiger partial charge in [0.2, 0.25) is 0 Å². The average Bonchev–Trinajstić information content (AvgIpc) is 2.48. The minimum Gasteiger partial charge on any atom is -0.274 e. The molecule has 0 fully saturated rings. The molecule has 12 heavy (non-hydrogen) atoms. The lowest BCUT2D eigenvalue weighted by atomic mass is 10.3. The average molecular weight is 169 g/mol. The van der Waals surface area contributed by atoms with E-state index in [1.807, 2.05) is 0 Å². The molecule has 5 heteroatoms. The SMILES string of the molecule is CON(C)C(=O)c1[nH]ncc1C. The van der Waals surface area contributed by atoms with E-state index in [0.717, 1.165) is 10.6 Å². The minimum absolute atomic E-state index is 0.229. The monoisotopic (exact) mass is 169 g/mol. The van der Waals surface area contributed by atoms with Crippen LogP contribution in [0.15, 0.2) is 6.20 Å². The van der Waals surface area contributed by atoms with Gasteiger partial charge in [-0.1, -0.05) is 0 Å². The van der Waals surface area contributed by atoms with E-state index in [1.54, 1.807) is 20.2 Å². The van der Waals surface area contributed by atoms with Crippen molar-refractivity contribution in [1.82, 2.24) is 15.3 Å². The summed E-state index contributed by atoms with van der Waals surface area (Å²) >= 11 is 0. The summed E-state index contributed by atoms with van der Waals surface area (Å²) in [5, 5.41) is 7.47. The quantitative estimate of drug-likeness (QED) is 0.650. The summed E-state index contributed by atoms with van der Waals surface area (Å²) in [6.07, 6.45) is 1.59. The van der Waals surface area contributed by atoms with E-state index in [-0.39, 0.29) is 5.91 Å². The topological polar surface area (TPSA) is 58.2 Å². The standard InChI is InChI=1S/C7H11N3O2/c1-5-4-8-9-6(5)7(11)10(2)12-3/h4H,1-3H3,(H,8,9). The highest BCUT2D eigenvalue weighted by molar-refractivity contribution is 5.92. The molecule has 0 saturated carbocycles. The van der Waals surface area contributed by atoms with Crippen molar-refractivity contribution >= 4 is 5.91 Å². The van der Waals surface area contributed by atoms with E-state index in [2.05, 4.69) is 10.2 Å². The zero-order valence-corrected chi connectivity index (χ0v) is 7.29. The Kier molecular flexibility index (Phi) is 2.44. The van der Waals surface area contributed by atoms with Crippen molar-refractivity contribution in [3.05, 3.63) is 17.5 Å². The Morgan fingerprint density at radius 3 is 2.83 bits per heavy atom. The van der Waals surface area contributed by atoms with Crippen LogP contribution < -0.4 is 0 Å². The summed E-state index contributed by atoms with van der Waals surface area (Å²) in [7, 11) is 2.98. The van der Waals surface area contributed by atoms with Crippen molar-refractivity contribution in [3.63, 3.8) is 0 Å². The highest BCUT2D eigenvalue weighted by Gasteiger charge is 2.14. The molecule has 0 spiro atoms. The number of nitrogens with zero attached hydrogens (tertiary/aromatic N) is 2. The third-order valence-corrected chi connectivity index (χ3v) is 1.60. The fourth-order valence-electron chi connectivity index (χ4n) is 0.803. The second kappa shape index (κ2) is 3.36. The van der Waals surface area contributed by atoms with E-state index in [9.17, 15) is 4.79 Å². The molecule has 1 aromatic heterocycles. The van der Waals surface area contributed by atoms with E-state index in [4.69, 9.17) is 4.84 Å². The molecule has 1 amide bonds. The van der Waals surface area contributed by atoms with Gasteiger partial charge in [0.1, 0.15) is 5.69 Å². The lowest BCUT2D eigenvalue weighted by Crippen LogP contribution is -2.26.